The van der Waals surface area contributed by atoms with E-state index in [0.717, 1.165) is 0 Å². The highest BCUT2D eigenvalue weighted by atomic mass is 32.2. The molecule has 0 radical (unpaired) electrons. The highest BCUT2D eigenvalue weighted by Crippen LogP contribution is 2.42. The van der Waals surface area contributed by atoms with Crippen LogP contribution in [0.15, 0.2) is 41.3 Å². The zero-order chi connectivity index (χ0) is 14.5. The summed E-state index contributed by atoms with van der Waals surface area (Å²) in [5.74, 6) is 0. The number of fused-ring (bicyclic) bond motifs is 3. The minimum absolute atomic E-state index is 0.0582. The molecule has 0 unspecified atom stereocenters. The maximum absolute atomic E-state index is 12.2. The van der Waals surface area contributed by atoms with Crippen LogP contribution >= 0.6 is 0 Å². The van der Waals surface area contributed by atoms with Gasteiger partial charge in [0.05, 0.1) is 15.5 Å². The number of sulfonamides is 1. The van der Waals surface area contributed by atoms with Crippen molar-refractivity contribution in [3.05, 3.63) is 52.1 Å². The van der Waals surface area contributed by atoms with Crippen LogP contribution in [0.3, 0.4) is 0 Å². The van der Waals surface area contributed by atoms with Gasteiger partial charge in [0.1, 0.15) is 0 Å². The zero-order valence-electron chi connectivity index (χ0n) is 10.5. The Morgan fingerprint density at radius 2 is 1.85 bits per heavy atom. The van der Waals surface area contributed by atoms with Crippen LogP contribution in [-0.4, -0.2) is 13.3 Å². The molecule has 102 valence electrons. The maximum atomic E-state index is 12.2. The fourth-order valence-electron chi connectivity index (χ4n) is 2.33. The summed E-state index contributed by atoms with van der Waals surface area (Å²) in [5, 5.41) is 10.9. The number of hydrogen-bond acceptors (Lipinski definition) is 4. The van der Waals surface area contributed by atoms with Gasteiger partial charge < -0.3 is 0 Å². The third kappa shape index (κ3) is 1.75. The van der Waals surface area contributed by atoms with E-state index in [0.29, 0.717) is 22.4 Å². The van der Waals surface area contributed by atoms with Crippen LogP contribution in [0.2, 0.25) is 0 Å². The summed E-state index contributed by atoms with van der Waals surface area (Å²) in [6.45, 7) is 1.64. The summed E-state index contributed by atoms with van der Waals surface area (Å²) in [7, 11) is -3.63. The highest BCUT2D eigenvalue weighted by Gasteiger charge is 2.29. The van der Waals surface area contributed by atoms with Gasteiger partial charge in [-0.25, -0.2) is 8.42 Å². The molecular formula is C13H10N2O4S. The van der Waals surface area contributed by atoms with Crippen LogP contribution in [-0.2, 0) is 10.0 Å². The standard InChI is InChI=1S/C13H10N2O4S/c1-8-6-9(15(16)17)7-11-10-4-2-3-5-12(10)20(18,19)14-13(8)11/h2-7,14H,1H3. The van der Waals surface area contributed by atoms with Crippen LogP contribution < -0.4 is 4.72 Å². The Kier molecular flexibility index (Phi) is 2.55. The van der Waals surface area contributed by atoms with E-state index in [1.165, 1.54) is 18.2 Å². The monoisotopic (exact) mass is 290 g/mol. The van der Waals surface area contributed by atoms with Gasteiger partial charge in [0.25, 0.3) is 15.7 Å². The lowest BCUT2D eigenvalue weighted by atomic mass is 9.99. The zero-order valence-corrected chi connectivity index (χ0v) is 11.3. The molecule has 0 aliphatic carbocycles. The fourth-order valence-corrected chi connectivity index (χ4v) is 3.71. The minimum Gasteiger partial charge on any atom is -0.279 e. The molecule has 0 amide bonds. The molecule has 3 rings (SSSR count). The molecule has 0 saturated carbocycles. The highest BCUT2D eigenvalue weighted by molar-refractivity contribution is 7.93. The lowest BCUT2D eigenvalue weighted by Gasteiger charge is -2.22. The average molecular weight is 290 g/mol. The number of nitrogens with zero attached hydrogens (tertiary/aromatic N) is 1. The van der Waals surface area contributed by atoms with Gasteiger partial charge in [0.15, 0.2) is 0 Å². The number of nitro benzene ring substituents is 1. The molecule has 1 heterocycles. The number of non-ortho nitro benzene ring substituents is 1. The minimum atomic E-state index is -3.63. The second-order valence-corrected chi connectivity index (χ2v) is 6.19. The van der Waals surface area contributed by atoms with Crippen LogP contribution in [0.1, 0.15) is 5.56 Å². The van der Waals surface area contributed by atoms with Crippen molar-refractivity contribution >= 4 is 21.4 Å². The summed E-state index contributed by atoms with van der Waals surface area (Å²) >= 11 is 0. The first kappa shape index (κ1) is 12.6. The third-order valence-corrected chi connectivity index (χ3v) is 4.64. The molecule has 2 aromatic carbocycles. The first-order chi connectivity index (χ1) is 9.40. The second kappa shape index (κ2) is 4.04. The Balaban J connectivity index is 2.40. The van der Waals surface area contributed by atoms with Crippen molar-refractivity contribution in [2.75, 3.05) is 4.72 Å². The average Bonchev–Trinajstić information content (AvgIpc) is 2.40. The van der Waals surface area contributed by atoms with Gasteiger partial charge in [-0.05, 0) is 18.6 Å². The van der Waals surface area contributed by atoms with Crippen LogP contribution in [0.5, 0.6) is 0 Å². The van der Waals surface area contributed by atoms with E-state index in [4.69, 9.17) is 0 Å². The largest absolute Gasteiger partial charge is 0.279 e. The number of nitro groups is 1. The Hall–Kier alpha value is -2.41. The molecular weight excluding hydrogens is 280 g/mol. The normalized spacial score (nSPS) is 14.8. The van der Waals surface area contributed by atoms with Crippen molar-refractivity contribution in [1.29, 1.82) is 0 Å². The Morgan fingerprint density at radius 3 is 2.55 bits per heavy atom. The van der Waals surface area contributed by atoms with Crippen molar-refractivity contribution in [3.63, 3.8) is 0 Å². The van der Waals surface area contributed by atoms with E-state index in [2.05, 4.69) is 4.72 Å². The van der Waals surface area contributed by atoms with E-state index in [9.17, 15) is 18.5 Å². The molecule has 0 aromatic heterocycles. The number of benzene rings is 2. The van der Waals surface area contributed by atoms with Gasteiger partial charge in [-0.2, -0.15) is 0 Å². The third-order valence-electron chi connectivity index (χ3n) is 3.23. The molecule has 0 saturated heterocycles. The SMILES string of the molecule is Cc1cc([N+](=O)[O-])cc2c1NS(=O)(=O)c1ccccc1-2. The predicted octanol–water partition coefficient (Wildman–Crippen LogP) is 2.68. The molecule has 0 spiro atoms. The van der Waals surface area contributed by atoms with Crippen LogP contribution in [0.25, 0.3) is 11.1 Å². The molecule has 1 aliphatic heterocycles. The molecule has 6 nitrogen and oxygen atoms in total. The molecule has 20 heavy (non-hydrogen) atoms. The number of nitrogens with one attached hydrogen (secondary N) is 1. The smallest absolute Gasteiger partial charge is 0.270 e. The topological polar surface area (TPSA) is 89.3 Å². The van der Waals surface area contributed by atoms with Crippen molar-refractivity contribution < 1.29 is 13.3 Å². The summed E-state index contributed by atoms with van der Waals surface area (Å²) in [6.07, 6.45) is 0. The lowest BCUT2D eigenvalue weighted by molar-refractivity contribution is -0.384. The Morgan fingerprint density at radius 1 is 1.15 bits per heavy atom. The summed E-state index contributed by atoms with van der Waals surface area (Å²) in [4.78, 5) is 10.6. The molecule has 1 aliphatic rings. The summed E-state index contributed by atoms with van der Waals surface area (Å²) < 4.78 is 26.8. The van der Waals surface area contributed by atoms with Crippen LogP contribution in [0.4, 0.5) is 11.4 Å². The first-order valence-corrected chi connectivity index (χ1v) is 7.30. The van der Waals surface area contributed by atoms with Crippen molar-refractivity contribution in [1.82, 2.24) is 0 Å². The maximum Gasteiger partial charge on any atom is 0.270 e. The quantitative estimate of drug-likeness (QED) is 0.646. The van der Waals surface area contributed by atoms with E-state index in [1.807, 2.05) is 0 Å². The summed E-state index contributed by atoms with van der Waals surface area (Å²) in [6, 6.07) is 9.20. The van der Waals surface area contributed by atoms with Gasteiger partial charge >= 0.3 is 0 Å². The number of hydrogen-bond donors (Lipinski definition) is 1. The fraction of sp³-hybridized carbons (Fsp3) is 0.0769. The molecule has 1 N–H and O–H groups in total. The second-order valence-electron chi connectivity index (χ2n) is 4.54. The van der Waals surface area contributed by atoms with Gasteiger partial charge in [-0.3, -0.25) is 14.8 Å². The number of anilines is 1. The van der Waals surface area contributed by atoms with E-state index in [-0.39, 0.29) is 10.6 Å². The van der Waals surface area contributed by atoms with Crippen LogP contribution in [0, 0.1) is 17.0 Å². The molecule has 2 aromatic rings. The Bertz CT molecular complexity index is 843. The lowest BCUT2D eigenvalue weighted by Crippen LogP contribution is -2.19. The Labute approximate surface area is 115 Å². The molecule has 0 fully saturated rings. The van der Waals surface area contributed by atoms with Gasteiger partial charge in [-0.15, -0.1) is 0 Å². The van der Waals surface area contributed by atoms with Gasteiger partial charge in [-0.1, -0.05) is 18.2 Å². The first-order valence-electron chi connectivity index (χ1n) is 5.81. The van der Waals surface area contributed by atoms with E-state index < -0.39 is 14.9 Å². The van der Waals surface area contributed by atoms with Crippen molar-refractivity contribution in [2.24, 2.45) is 0 Å². The molecule has 0 bridgehead atoms. The van der Waals surface area contributed by atoms with E-state index >= 15 is 0 Å². The van der Waals surface area contributed by atoms with Crippen molar-refractivity contribution in [3.8, 4) is 11.1 Å². The van der Waals surface area contributed by atoms with Gasteiger partial charge in [0.2, 0.25) is 0 Å². The molecule has 7 heteroatoms. The van der Waals surface area contributed by atoms with E-state index in [1.54, 1.807) is 25.1 Å². The van der Waals surface area contributed by atoms with Gasteiger partial charge in [0, 0.05) is 23.3 Å². The van der Waals surface area contributed by atoms with Crippen molar-refractivity contribution in [2.45, 2.75) is 11.8 Å². The number of rotatable bonds is 1. The predicted molar refractivity (Wildman–Crippen MR) is 74.1 cm³/mol. The summed E-state index contributed by atoms with van der Waals surface area (Å²) in [5.41, 5.74) is 1.87. The molecule has 0 atom stereocenters. The number of aryl methyl sites for hydroxylation is 1.